The van der Waals surface area contributed by atoms with Gasteiger partial charge in [0.1, 0.15) is 0 Å². The minimum absolute atomic E-state index is 0.0382. The van der Waals surface area contributed by atoms with Crippen molar-refractivity contribution in [1.29, 1.82) is 0 Å². The van der Waals surface area contributed by atoms with Crippen molar-refractivity contribution in [3.05, 3.63) is 60.4 Å². The highest BCUT2D eigenvalue weighted by Crippen LogP contribution is 2.27. The van der Waals surface area contributed by atoms with Gasteiger partial charge in [0.15, 0.2) is 11.6 Å². The number of aromatic nitrogens is 3. The first-order valence-electron chi connectivity index (χ1n) is 10.2. The van der Waals surface area contributed by atoms with Crippen LogP contribution in [0, 0.1) is 0 Å². The fourth-order valence-corrected chi connectivity index (χ4v) is 5.41. The molecular weight excluding hydrogens is 416 g/mol. The summed E-state index contributed by atoms with van der Waals surface area (Å²) in [5.41, 5.74) is 1.55. The predicted octanol–water partition coefficient (Wildman–Crippen LogP) is 1.66. The number of benzene rings is 1. The molecule has 1 aromatic carbocycles. The van der Waals surface area contributed by atoms with Gasteiger partial charge in [0.05, 0.1) is 4.90 Å². The molecular formula is C21H22N6O3S. The van der Waals surface area contributed by atoms with E-state index in [0.717, 1.165) is 17.2 Å². The van der Waals surface area contributed by atoms with Gasteiger partial charge >= 0.3 is 0 Å². The molecule has 0 aliphatic carbocycles. The van der Waals surface area contributed by atoms with Gasteiger partial charge in [-0.1, -0.05) is 0 Å². The minimum atomic E-state index is -3.60. The predicted molar refractivity (Wildman–Crippen MR) is 116 cm³/mol. The van der Waals surface area contributed by atoms with E-state index in [9.17, 15) is 13.2 Å². The lowest BCUT2D eigenvalue weighted by Crippen LogP contribution is -2.49. The smallest absolute Gasteiger partial charge is 0.243 e. The van der Waals surface area contributed by atoms with Gasteiger partial charge in [0.2, 0.25) is 15.9 Å². The number of hydrogen-bond acceptors (Lipinski definition) is 6. The second kappa shape index (κ2) is 7.78. The first-order chi connectivity index (χ1) is 15.0. The SMILES string of the molecule is O=C1CCc2cc(S(=O)(=O)N3CCN(c4ccc(-n5cccc5)nn4)CC3)ccc2N1. The van der Waals surface area contributed by atoms with E-state index in [1.165, 1.54) is 4.31 Å². The minimum Gasteiger partial charge on any atom is -0.352 e. The van der Waals surface area contributed by atoms with E-state index in [1.54, 1.807) is 18.2 Å². The lowest BCUT2D eigenvalue weighted by Gasteiger charge is -2.34. The Labute approximate surface area is 180 Å². The van der Waals surface area contributed by atoms with E-state index in [4.69, 9.17) is 0 Å². The molecule has 4 heterocycles. The van der Waals surface area contributed by atoms with Crippen LogP contribution >= 0.6 is 0 Å². The lowest BCUT2D eigenvalue weighted by atomic mass is 10.0. The number of fused-ring (bicyclic) bond motifs is 1. The van der Waals surface area contributed by atoms with Crippen LogP contribution in [0.3, 0.4) is 0 Å². The second-order valence-electron chi connectivity index (χ2n) is 7.60. The molecule has 2 aromatic heterocycles. The number of hydrogen-bond donors (Lipinski definition) is 1. The van der Waals surface area contributed by atoms with Gasteiger partial charge < -0.3 is 14.8 Å². The molecule has 9 nitrogen and oxygen atoms in total. The Kier molecular flexibility index (Phi) is 4.95. The molecule has 1 fully saturated rings. The number of amides is 1. The van der Waals surface area contributed by atoms with Crippen molar-refractivity contribution >= 4 is 27.4 Å². The normalized spacial score (nSPS) is 17.3. The van der Waals surface area contributed by atoms with Crippen LogP contribution in [0.5, 0.6) is 0 Å². The molecule has 0 unspecified atom stereocenters. The highest BCUT2D eigenvalue weighted by Gasteiger charge is 2.30. The van der Waals surface area contributed by atoms with Crippen molar-refractivity contribution in [2.75, 3.05) is 36.4 Å². The van der Waals surface area contributed by atoms with Gasteiger partial charge in [-0.15, -0.1) is 10.2 Å². The van der Waals surface area contributed by atoms with E-state index < -0.39 is 10.0 Å². The summed E-state index contributed by atoms with van der Waals surface area (Å²) < 4.78 is 29.7. The van der Waals surface area contributed by atoms with Gasteiger partial charge in [-0.2, -0.15) is 4.31 Å². The summed E-state index contributed by atoms with van der Waals surface area (Å²) in [6.07, 6.45) is 4.74. The molecule has 160 valence electrons. The Morgan fingerprint density at radius 1 is 0.871 bits per heavy atom. The standard InChI is InChI=1S/C21H22N6O3S/c28-21-8-3-16-15-17(4-5-18(16)22-21)31(29,30)27-13-11-26(12-14-27)20-7-6-19(23-24-20)25-9-1-2-10-25/h1-2,4-7,9-10,15H,3,8,11-14H2,(H,22,28). The number of carbonyl (C=O) groups is 1. The molecule has 10 heteroatoms. The topological polar surface area (TPSA) is 100 Å². The number of piperazine rings is 1. The Morgan fingerprint density at radius 3 is 2.29 bits per heavy atom. The van der Waals surface area contributed by atoms with Crippen molar-refractivity contribution < 1.29 is 13.2 Å². The quantitative estimate of drug-likeness (QED) is 0.665. The van der Waals surface area contributed by atoms with Crippen LogP contribution in [0.1, 0.15) is 12.0 Å². The van der Waals surface area contributed by atoms with Crippen LogP contribution in [0.2, 0.25) is 0 Å². The Hall–Kier alpha value is -3.24. The second-order valence-corrected chi connectivity index (χ2v) is 9.54. The van der Waals surface area contributed by atoms with Crippen LogP contribution in [-0.4, -0.2) is 59.6 Å². The maximum Gasteiger partial charge on any atom is 0.243 e. The number of nitrogens with one attached hydrogen (secondary N) is 1. The van der Waals surface area contributed by atoms with Gasteiger partial charge in [0, 0.05) is 50.7 Å². The average Bonchev–Trinajstić information content (AvgIpc) is 3.34. The molecule has 0 spiro atoms. The zero-order valence-corrected chi connectivity index (χ0v) is 17.6. The molecule has 0 saturated carbocycles. The summed E-state index contributed by atoms with van der Waals surface area (Å²) >= 11 is 0. The van der Waals surface area contributed by atoms with Crippen molar-refractivity contribution in [1.82, 2.24) is 19.1 Å². The van der Waals surface area contributed by atoms with Crippen molar-refractivity contribution in [2.24, 2.45) is 0 Å². The van der Waals surface area contributed by atoms with Crippen LogP contribution in [0.25, 0.3) is 5.82 Å². The van der Waals surface area contributed by atoms with Crippen molar-refractivity contribution in [3.8, 4) is 5.82 Å². The third-order valence-electron chi connectivity index (χ3n) is 5.68. The first-order valence-corrected chi connectivity index (χ1v) is 11.6. The summed E-state index contributed by atoms with van der Waals surface area (Å²) in [5, 5.41) is 11.4. The zero-order valence-electron chi connectivity index (χ0n) is 16.8. The van der Waals surface area contributed by atoms with Gasteiger partial charge in [-0.25, -0.2) is 8.42 Å². The molecule has 1 amide bonds. The van der Waals surface area contributed by atoms with E-state index in [2.05, 4.69) is 15.5 Å². The fraction of sp³-hybridized carbons (Fsp3) is 0.286. The molecule has 0 radical (unpaired) electrons. The summed E-state index contributed by atoms with van der Waals surface area (Å²) in [4.78, 5) is 13.8. The molecule has 5 rings (SSSR count). The van der Waals surface area contributed by atoms with E-state index in [-0.39, 0.29) is 10.8 Å². The molecule has 1 N–H and O–H groups in total. The molecule has 2 aliphatic rings. The van der Waals surface area contributed by atoms with Crippen molar-refractivity contribution in [2.45, 2.75) is 17.7 Å². The Morgan fingerprint density at radius 2 is 1.58 bits per heavy atom. The first kappa shape index (κ1) is 19.7. The number of nitrogens with zero attached hydrogens (tertiary/aromatic N) is 5. The van der Waals surface area contributed by atoms with Crippen LogP contribution in [0.15, 0.2) is 59.8 Å². The monoisotopic (exact) mass is 438 g/mol. The highest BCUT2D eigenvalue weighted by molar-refractivity contribution is 7.89. The molecule has 2 aliphatic heterocycles. The van der Waals surface area contributed by atoms with Gasteiger partial charge in [0.25, 0.3) is 0 Å². The Bertz CT molecular complexity index is 1200. The fourth-order valence-electron chi connectivity index (χ4n) is 3.94. The maximum atomic E-state index is 13.1. The van der Waals surface area contributed by atoms with Crippen LogP contribution in [0.4, 0.5) is 11.5 Å². The van der Waals surface area contributed by atoms with Crippen LogP contribution in [-0.2, 0) is 21.2 Å². The number of anilines is 2. The molecule has 0 atom stereocenters. The third kappa shape index (κ3) is 3.79. The Balaban J connectivity index is 1.27. The van der Waals surface area contributed by atoms with Crippen molar-refractivity contribution in [3.63, 3.8) is 0 Å². The van der Waals surface area contributed by atoms with Gasteiger partial charge in [-0.05, 0) is 54.4 Å². The number of rotatable bonds is 4. The average molecular weight is 439 g/mol. The summed E-state index contributed by atoms with van der Waals surface area (Å²) in [7, 11) is -3.60. The molecule has 1 saturated heterocycles. The molecule has 31 heavy (non-hydrogen) atoms. The summed E-state index contributed by atoms with van der Waals surface area (Å²) in [6.45, 7) is 1.82. The number of carbonyl (C=O) groups excluding carboxylic acids is 1. The summed E-state index contributed by atoms with van der Waals surface area (Å²) in [5.74, 6) is 1.43. The number of sulfonamides is 1. The third-order valence-corrected chi connectivity index (χ3v) is 7.57. The van der Waals surface area contributed by atoms with Gasteiger partial charge in [-0.3, -0.25) is 4.79 Å². The summed E-state index contributed by atoms with van der Waals surface area (Å²) in [6, 6.07) is 12.6. The van der Waals surface area contributed by atoms with E-state index >= 15 is 0 Å². The largest absolute Gasteiger partial charge is 0.352 e. The van der Waals surface area contributed by atoms with E-state index in [0.29, 0.717) is 44.7 Å². The number of aryl methyl sites for hydroxylation is 1. The maximum absolute atomic E-state index is 13.1. The van der Waals surface area contributed by atoms with Crippen LogP contribution < -0.4 is 10.2 Å². The van der Waals surface area contributed by atoms with E-state index in [1.807, 2.05) is 46.1 Å². The lowest BCUT2D eigenvalue weighted by molar-refractivity contribution is -0.116. The molecule has 3 aromatic rings. The highest BCUT2D eigenvalue weighted by atomic mass is 32.2. The molecule has 0 bridgehead atoms. The zero-order chi connectivity index (χ0) is 21.4.